The molecule has 2 aromatic carbocycles. The Bertz CT molecular complexity index is 829. The minimum absolute atomic E-state index is 0.290. The average molecular weight is 348 g/mol. The van der Waals surface area contributed by atoms with Crippen molar-refractivity contribution in [3.05, 3.63) is 72.3 Å². The van der Waals surface area contributed by atoms with Crippen molar-refractivity contribution in [2.75, 3.05) is 6.61 Å². The van der Waals surface area contributed by atoms with Gasteiger partial charge in [-0.3, -0.25) is 0 Å². The van der Waals surface area contributed by atoms with Crippen molar-refractivity contribution in [1.82, 2.24) is 20.1 Å². The van der Waals surface area contributed by atoms with Crippen LogP contribution in [0.15, 0.2) is 61.2 Å². The van der Waals surface area contributed by atoms with E-state index in [0.29, 0.717) is 12.1 Å². The van der Waals surface area contributed by atoms with Crippen molar-refractivity contribution in [2.45, 2.75) is 38.6 Å². The highest BCUT2D eigenvalue weighted by Crippen LogP contribution is 2.25. The highest BCUT2D eigenvalue weighted by molar-refractivity contribution is 5.67. The zero-order valence-electron chi connectivity index (χ0n) is 15.0. The van der Waals surface area contributed by atoms with Gasteiger partial charge in [0.15, 0.2) is 0 Å². The van der Waals surface area contributed by atoms with Crippen molar-refractivity contribution >= 4 is 0 Å². The summed E-state index contributed by atoms with van der Waals surface area (Å²) in [6, 6.07) is 17.7. The maximum absolute atomic E-state index is 5.65. The Morgan fingerprint density at radius 1 is 1.15 bits per heavy atom. The molecule has 1 aromatic heterocycles. The summed E-state index contributed by atoms with van der Waals surface area (Å²) >= 11 is 0. The lowest BCUT2D eigenvalue weighted by Crippen LogP contribution is -2.34. The second-order valence-electron chi connectivity index (χ2n) is 6.80. The summed E-state index contributed by atoms with van der Waals surface area (Å²) < 4.78 is 7.48. The van der Waals surface area contributed by atoms with Gasteiger partial charge in [-0.2, -0.15) is 5.10 Å². The summed E-state index contributed by atoms with van der Waals surface area (Å²) in [5.74, 6) is 0. The fourth-order valence-electron chi connectivity index (χ4n) is 3.49. The van der Waals surface area contributed by atoms with E-state index >= 15 is 0 Å². The molecule has 0 bridgehead atoms. The molecule has 2 heterocycles. The molecule has 1 saturated heterocycles. The van der Waals surface area contributed by atoms with Crippen LogP contribution in [-0.2, 0) is 17.8 Å². The first-order valence-corrected chi connectivity index (χ1v) is 9.14. The van der Waals surface area contributed by atoms with Crippen LogP contribution in [0.5, 0.6) is 0 Å². The van der Waals surface area contributed by atoms with Gasteiger partial charge in [-0.05, 0) is 35.6 Å². The minimum atomic E-state index is 0.290. The molecule has 26 heavy (non-hydrogen) atoms. The molecule has 0 amide bonds. The van der Waals surface area contributed by atoms with Gasteiger partial charge in [0.25, 0.3) is 0 Å². The van der Waals surface area contributed by atoms with E-state index in [0.717, 1.165) is 26.1 Å². The Morgan fingerprint density at radius 2 is 2.00 bits per heavy atom. The predicted octanol–water partition coefficient (Wildman–Crippen LogP) is 3.26. The molecule has 1 fully saturated rings. The first-order valence-electron chi connectivity index (χ1n) is 9.14. The quantitative estimate of drug-likeness (QED) is 0.743. The van der Waals surface area contributed by atoms with Gasteiger partial charge >= 0.3 is 0 Å². The first kappa shape index (κ1) is 16.9. The van der Waals surface area contributed by atoms with Crippen molar-refractivity contribution in [1.29, 1.82) is 0 Å². The second kappa shape index (κ2) is 7.81. The number of hydrogen-bond donors (Lipinski definition) is 1. The van der Waals surface area contributed by atoms with Gasteiger partial charge in [-0.25, -0.2) is 9.67 Å². The zero-order chi connectivity index (χ0) is 17.8. The summed E-state index contributed by atoms with van der Waals surface area (Å²) in [4.78, 5) is 3.99. The third-order valence-electron chi connectivity index (χ3n) is 5.02. The molecular formula is C21H24N4O. The van der Waals surface area contributed by atoms with E-state index in [4.69, 9.17) is 4.74 Å². The van der Waals surface area contributed by atoms with Crippen LogP contribution in [0.2, 0.25) is 0 Å². The fourth-order valence-corrected chi connectivity index (χ4v) is 3.49. The molecular weight excluding hydrogens is 324 g/mol. The first-order chi connectivity index (χ1) is 12.8. The van der Waals surface area contributed by atoms with Crippen LogP contribution < -0.4 is 5.32 Å². The Morgan fingerprint density at radius 3 is 2.73 bits per heavy atom. The smallest absolute Gasteiger partial charge is 0.137 e. The fraction of sp³-hybridized carbons (Fsp3) is 0.333. The molecule has 0 saturated carbocycles. The van der Waals surface area contributed by atoms with E-state index in [1.54, 1.807) is 12.7 Å². The van der Waals surface area contributed by atoms with Gasteiger partial charge in [-0.15, -0.1) is 0 Å². The van der Waals surface area contributed by atoms with Crippen LogP contribution in [0, 0.1) is 0 Å². The molecule has 0 spiro atoms. The molecule has 5 nitrogen and oxygen atoms in total. The maximum Gasteiger partial charge on any atom is 0.137 e. The van der Waals surface area contributed by atoms with Crippen molar-refractivity contribution in [3.8, 4) is 11.1 Å². The molecule has 2 atom stereocenters. The molecule has 1 N–H and O–H groups in total. The van der Waals surface area contributed by atoms with Gasteiger partial charge in [0.05, 0.1) is 12.6 Å². The SMILES string of the molecule is C[C@@H]1OCC[C@@H]1NCc1ccccc1-c1ccc(Cn2cncn2)cc1. The third kappa shape index (κ3) is 3.84. The number of ether oxygens (including phenoxy) is 1. The maximum atomic E-state index is 5.65. The highest BCUT2D eigenvalue weighted by Gasteiger charge is 2.23. The Balaban J connectivity index is 1.48. The number of benzene rings is 2. The van der Waals surface area contributed by atoms with E-state index in [9.17, 15) is 0 Å². The molecule has 3 aromatic rings. The van der Waals surface area contributed by atoms with E-state index in [1.807, 2.05) is 4.68 Å². The number of rotatable bonds is 6. The lowest BCUT2D eigenvalue weighted by Gasteiger charge is -2.18. The molecule has 0 radical (unpaired) electrons. The largest absolute Gasteiger partial charge is 0.377 e. The third-order valence-corrected chi connectivity index (χ3v) is 5.02. The molecule has 1 aliphatic rings. The monoisotopic (exact) mass is 348 g/mol. The number of nitrogens with zero attached hydrogens (tertiary/aromatic N) is 3. The number of aromatic nitrogens is 3. The van der Waals surface area contributed by atoms with Gasteiger partial charge in [0, 0.05) is 19.2 Å². The highest BCUT2D eigenvalue weighted by atomic mass is 16.5. The minimum Gasteiger partial charge on any atom is -0.377 e. The van der Waals surface area contributed by atoms with Crippen LogP contribution in [0.4, 0.5) is 0 Å². The summed E-state index contributed by atoms with van der Waals surface area (Å²) in [6.07, 6.45) is 4.68. The number of hydrogen-bond acceptors (Lipinski definition) is 4. The molecule has 0 unspecified atom stereocenters. The average Bonchev–Trinajstić information content (AvgIpc) is 3.33. The molecule has 1 aliphatic heterocycles. The topological polar surface area (TPSA) is 52.0 Å². The van der Waals surface area contributed by atoms with Crippen molar-refractivity contribution in [2.24, 2.45) is 0 Å². The van der Waals surface area contributed by atoms with Crippen molar-refractivity contribution < 1.29 is 4.74 Å². The second-order valence-corrected chi connectivity index (χ2v) is 6.80. The molecule has 4 rings (SSSR count). The summed E-state index contributed by atoms with van der Waals surface area (Å²) in [6.45, 7) is 4.59. The summed E-state index contributed by atoms with van der Waals surface area (Å²) in [5.41, 5.74) is 5.04. The van der Waals surface area contributed by atoms with Gasteiger partial charge in [-0.1, -0.05) is 48.5 Å². The van der Waals surface area contributed by atoms with Crippen LogP contribution in [0.1, 0.15) is 24.5 Å². The predicted molar refractivity (Wildman–Crippen MR) is 102 cm³/mol. The van der Waals surface area contributed by atoms with E-state index < -0.39 is 0 Å². The lowest BCUT2D eigenvalue weighted by molar-refractivity contribution is 0.113. The molecule has 5 heteroatoms. The number of nitrogens with one attached hydrogen (secondary N) is 1. The standard InChI is InChI=1S/C21H24N4O/c1-16-21(10-11-26-16)23-12-19-4-2-3-5-20(19)18-8-6-17(7-9-18)13-25-15-22-14-24-25/h2-9,14-16,21,23H,10-13H2,1H3/t16-,21-/m0/s1. The van der Waals surface area contributed by atoms with Gasteiger partial charge in [0.1, 0.15) is 12.7 Å². The van der Waals surface area contributed by atoms with Gasteiger partial charge < -0.3 is 10.1 Å². The zero-order valence-corrected chi connectivity index (χ0v) is 15.0. The lowest BCUT2D eigenvalue weighted by atomic mass is 9.98. The Labute approximate surface area is 154 Å². The van der Waals surface area contributed by atoms with Crippen LogP contribution in [0.25, 0.3) is 11.1 Å². The van der Waals surface area contributed by atoms with E-state index in [2.05, 4.69) is 70.9 Å². The van der Waals surface area contributed by atoms with Crippen LogP contribution in [0.3, 0.4) is 0 Å². The normalized spacial score (nSPS) is 19.7. The molecule has 0 aliphatic carbocycles. The Hall–Kier alpha value is -2.50. The van der Waals surface area contributed by atoms with Crippen LogP contribution >= 0.6 is 0 Å². The molecule has 134 valence electrons. The van der Waals surface area contributed by atoms with E-state index in [1.165, 1.54) is 22.3 Å². The Kier molecular flexibility index (Phi) is 5.09. The van der Waals surface area contributed by atoms with Crippen molar-refractivity contribution in [3.63, 3.8) is 0 Å². The van der Waals surface area contributed by atoms with E-state index in [-0.39, 0.29) is 0 Å². The van der Waals surface area contributed by atoms with Gasteiger partial charge in [0.2, 0.25) is 0 Å². The van der Waals surface area contributed by atoms with Crippen LogP contribution in [-0.4, -0.2) is 33.5 Å². The summed E-state index contributed by atoms with van der Waals surface area (Å²) in [7, 11) is 0. The summed E-state index contributed by atoms with van der Waals surface area (Å²) in [5, 5.41) is 7.82.